The zero-order valence-electron chi connectivity index (χ0n) is 11.2. The number of hydrogen-bond acceptors (Lipinski definition) is 2. The molecular formula is C15H17BrClNS. The van der Waals surface area contributed by atoms with E-state index in [4.69, 9.17) is 11.6 Å². The van der Waals surface area contributed by atoms with Crippen LogP contribution in [0.4, 0.5) is 0 Å². The van der Waals surface area contributed by atoms with E-state index in [1.165, 1.54) is 16.0 Å². The minimum Gasteiger partial charge on any atom is -0.309 e. The molecule has 0 spiro atoms. The van der Waals surface area contributed by atoms with Gasteiger partial charge in [0, 0.05) is 9.35 Å². The number of halogens is 2. The second kappa shape index (κ2) is 6.40. The minimum absolute atomic E-state index is 0.190. The second-order valence-corrected chi connectivity index (χ2v) is 7.35. The third-order valence-electron chi connectivity index (χ3n) is 3.17. The summed E-state index contributed by atoms with van der Waals surface area (Å²) >= 11 is 11.2. The Morgan fingerprint density at radius 1 is 1.16 bits per heavy atom. The van der Waals surface area contributed by atoms with E-state index in [1.807, 2.05) is 7.05 Å². The zero-order valence-corrected chi connectivity index (χ0v) is 14.4. The van der Waals surface area contributed by atoms with E-state index in [9.17, 15) is 0 Å². The van der Waals surface area contributed by atoms with Crippen LogP contribution in [0.2, 0.25) is 4.34 Å². The van der Waals surface area contributed by atoms with Gasteiger partial charge in [0.15, 0.2) is 0 Å². The van der Waals surface area contributed by atoms with Crippen LogP contribution in [-0.4, -0.2) is 7.05 Å². The molecule has 0 aliphatic rings. The molecule has 102 valence electrons. The van der Waals surface area contributed by atoms with Gasteiger partial charge in [-0.15, -0.1) is 11.3 Å². The molecule has 0 aliphatic heterocycles. The molecule has 1 N–H and O–H groups in total. The third-order valence-corrected chi connectivity index (χ3v) is 5.71. The Labute approximate surface area is 132 Å². The van der Waals surface area contributed by atoms with Crippen molar-refractivity contribution < 1.29 is 0 Å². The van der Waals surface area contributed by atoms with Crippen molar-refractivity contribution >= 4 is 38.9 Å². The molecule has 2 rings (SSSR count). The maximum absolute atomic E-state index is 6.13. The average molecular weight is 359 g/mol. The van der Waals surface area contributed by atoms with Crippen molar-refractivity contribution in [3.8, 4) is 0 Å². The SMILES string of the molecule is CNC(c1ccc(C(C)C)cc1)c1cc(Br)c(Cl)s1. The summed E-state index contributed by atoms with van der Waals surface area (Å²) in [5.74, 6) is 0.562. The molecule has 0 bridgehead atoms. The molecule has 0 fully saturated rings. The molecule has 1 heterocycles. The van der Waals surface area contributed by atoms with Crippen molar-refractivity contribution in [3.63, 3.8) is 0 Å². The summed E-state index contributed by atoms with van der Waals surface area (Å²) in [5, 5.41) is 3.35. The van der Waals surface area contributed by atoms with Crippen molar-refractivity contribution in [2.75, 3.05) is 7.05 Å². The molecule has 2 aromatic rings. The predicted octanol–water partition coefficient (Wildman–Crippen LogP) is 5.60. The predicted molar refractivity (Wildman–Crippen MR) is 88.5 cm³/mol. The Morgan fingerprint density at radius 3 is 2.16 bits per heavy atom. The summed E-state index contributed by atoms with van der Waals surface area (Å²) in [4.78, 5) is 1.22. The molecule has 0 radical (unpaired) electrons. The van der Waals surface area contributed by atoms with Crippen molar-refractivity contribution in [2.24, 2.45) is 0 Å². The number of thiophene rings is 1. The van der Waals surface area contributed by atoms with Gasteiger partial charge in [-0.3, -0.25) is 0 Å². The maximum atomic E-state index is 6.13. The van der Waals surface area contributed by atoms with Gasteiger partial charge in [0.05, 0.1) is 6.04 Å². The topological polar surface area (TPSA) is 12.0 Å². The van der Waals surface area contributed by atoms with E-state index in [0.717, 1.165) is 8.81 Å². The summed E-state index contributed by atoms with van der Waals surface area (Å²) in [7, 11) is 1.97. The van der Waals surface area contributed by atoms with E-state index >= 15 is 0 Å². The number of hydrogen-bond donors (Lipinski definition) is 1. The number of benzene rings is 1. The zero-order chi connectivity index (χ0) is 14.0. The number of rotatable bonds is 4. The third kappa shape index (κ3) is 3.40. The highest BCUT2D eigenvalue weighted by Crippen LogP contribution is 2.37. The summed E-state index contributed by atoms with van der Waals surface area (Å²) < 4.78 is 1.77. The molecule has 1 aromatic heterocycles. The van der Waals surface area contributed by atoms with Crippen LogP contribution in [-0.2, 0) is 0 Å². The highest BCUT2D eigenvalue weighted by Gasteiger charge is 2.16. The van der Waals surface area contributed by atoms with Crippen LogP contribution in [0.5, 0.6) is 0 Å². The molecule has 0 saturated carbocycles. The fraction of sp³-hybridized carbons (Fsp3) is 0.333. The lowest BCUT2D eigenvalue weighted by molar-refractivity contribution is 0.702. The molecular weight excluding hydrogens is 342 g/mol. The fourth-order valence-corrected chi connectivity index (χ4v) is 3.93. The molecule has 1 aromatic carbocycles. The van der Waals surface area contributed by atoms with Gasteiger partial charge in [0.2, 0.25) is 0 Å². The highest BCUT2D eigenvalue weighted by atomic mass is 79.9. The molecule has 0 amide bonds. The Morgan fingerprint density at radius 2 is 1.74 bits per heavy atom. The lowest BCUT2D eigenvalue weighted by Crippen LogP contribution is -2.16. The fourth-order valence-electron chi connectivity index (χ4n) is 2.05. The van der Waals surface area contributed by atoms with Crippen LogP contribution in [0.3, 0.4) is 0 Å². The molecule has 0 aliphatic carbocycles. The van der Waals surface area contributed by atoms with E-state index in [0.29, 0.717) is 5.92 Å². The first-order valence-electron chi connectivity index (χ1n) is 6.24. The van der Waals surface area contributed by atoms with Gasteiger partial charge in [-0.1, -0.05) is 49.7 Å². The first-order chi connectivity index (χ1) is 9.02. The van der Waals surface area contributed by atoms with Gasteiger partial charge in [0.1, 0.15) is 4.34 Å². The molecule has 19 heavy (non-hydrogen) atoms. The van der Waals surface area contributed by atoms with Gasteiger partial charge in [-0.25, -0.2) is 0 Å². The van der Waals surface area contributed by atoms with E-state index in [2.05, 4.69) is 65.4 Å². The molecule has 4 heteroatoms. The summed E-state index contributed by atoms with van der Waals surface area (Å²) in [5.41, 5.74) is 2.63. The lowest BCUT2D eigenvalue weighted by Gasteiger charge is -2.16. The van der Waals surface area contributed by atoms with Gasteiger partial charge in [0.25, 0.3) is 0 Å². The highest BCUT2D eigenvalue weighted by molar-refractivity contribution is 9.10. The largest absolute Gasteiger partial charge is 0.309 e. The summed E-state index contributed by atoms with van der Waals surface area (Å²) in [6, 6.07) is 11.1. The van der Waals surface area contributed by atoms with Crippen molar-refractivity contribution in [2.45, 2.75) is 25.8 Å². The number of nitrogens with one attached hydrogen (secondary N) is 1. The Balaban J connectivity index is 2.31. The molecule has 1 nitrogen and oxygen atoms in total. The first kappa shape index (κ1) is 15.0. The second-order valence-electron chi connectivity index (χ2n) is 4.81. The van der Waals surface area contributed by atoms with Crippen molar-refractivity contribution in [1.29, 1.82) is 0 Å². The Kier molecular flexibility index (Phi) is 5.07. The van der Waals surface area contributed by atoms with Gasteiger partial charge in [-0.05, 0) is 46.1 Å². The maximum Gasteiger partial charge on any atom is 0.107 e. The average Bonchev–Trinajstić information content (AvgIpc) is 2.71. The van der Waals surface area contributed by atoms with E-state index in [1.54, 1.807) is 11.3 Å². The van der Waals surface area contributed by atoms with Crippen molar-refractivity contribution in [1.82, 2.24) is 5.32 Å². The van der Waals surface area contributed by atoms with Crippen LogP contribution >= 0.6 is 38.9 Å². The summed E-state index contributed by atoms with van der Waals surface area (Å²) in [6.45, 7) is 4.42. The quantitative estimate of drug-likeness (QED) is 0.750. The van der Waals surface area contributed by atoms with Crippen LogP contribution in [0.1, 0.15) is 41.8 Å². The van der Waals surface area contributed by atoms with Crippen LogP contribution < -0.4 is 5.32 Å². The molecule has 1 unspecified atom stereocenters. The normalized spacial score (nSPS) is 12.9. The Hall–Kier alpha value is -0.350. The first-order valence-corrected chi connectivity index (χ1v) is 8.23. The van der Waals surface area contributed by atoms with Gasteiger partial charge < -0.3 is 5.32 Å². The van der Waals surface area contributed by atoms with Crippen LogP contribution in [0.25, 0.3) is 0 Å². The molecule has 0 saturated heterocycles. The minimum atomic E-state index is 0.190. The molecule has 1 atom stereocenters. The van der Waals surface area contributed by atoms with Crippen LogP contribution in [0, 0.1) is 0 Å². The standard InChI is InChI=1S/C15H17BrClNS/c1-9(2)10-4-6-11(7-5-10)14(18-3)13-8-12(16)15(17)19-13/h4-9,14,18H,1-3H3. The summed E-state index contributed by atoms with van der Waals surface area (Å²) in [6.07, 6.45) is 0. The lowest BCUT2D eigenvalue weighted by atomic mass is 9.98. The van der Waals surface area contributed by atoms with Gasteiger partial charge in [-0.2, -0.15) is 0 Å². The monoisotopic (exact) mass is 357 g/mol. The smallest absolute Gasteiger partial charge is 0.107 e. The van der Waals surface area contributed by atoms with Crippen molar-refractivity contribution in [3.05, 3.63) is 55.1 Å². The Bertz CT molecular complexity index is 528. The van der Waals surface area contributed by atoms with Gasteiger partial charge >= 0.3 is 0 Å². The van der Waals surface area contributed by atoms with E-state index in [-0.39, 0.29) is 6.04 Å². The van der Waals surface area contributed by atoms with E-state index < -0.39 is 0 Å². The van der Waals surface area contributed by atoms with Crippen LogP contribution in [0.15, 0.2) is 34.8 Å².